The fourth-order valence-corrected chi connectivity index (χ4v) is 4.60. The Morgan fingerprint density at radius 1 is 1.09 bits per heavy atom. The number of ether oxygens (including phenoxy) is 1. The van der Waals surface area contributed by atoms with Crippen LogP contribution >= 0.6 is 15.9 Å². The number of anilines is 1. The van der Waals surface area contributed by atoms with Gasteiger partial charge in [0.25, 0.3) is 5.91 Å². The molecule has 1 unspecified atom stereocenters. The maximum Gasteiger partial charge on any atom is 0.295 e. The lowest BCUT2D eigenvalue weighted by Gasteiger charge is -2.26. The molecule has 33 heavy (non-hydrogen) atoms. The molecular weight excluding hydrogens is 482 g/mol. The van der Waals surface area contributed by atoms with Crippen molar-refractivity contribution >= 4 is 38.5 Å². The minimum Gasteiger partial charge on any atom is -0.490 e. The molecule has 0 saturated carbocycles. The zero-order valence-corrected chi connectivity index (χ0v) is 19.5. The lowest BCUT2D eigenvalue weighted by molar-refractivity contribution is 0.0971. The number of rotatable bonds is 5. The normalized spacial score (nSPS) is 15.0. The first kappa shape index (κ1) is 21.2. The number of fused-ring (bicyclic) bond motifs is 2. The van der Waals surface area contributed by atoms with E-state index in [1.165, 1.54) is 0 Å². The van der Waals surface area contributed by atoms with Gasteiger partial charge >= 0.3 is 0 Å². The molecule has 0 N–H and O–H groups in total. The molecular formula is C27H20BrNO4. The molecule has 1 aliphatic rings. The standard InChI is InChI=1S/C27H20BrNO4/c1-3-12-32-20-9-5-7-17(14-20)24-23-25(30)21-15-18(28)10-11-22(21)33-26(23)27(31)29(24)19-8-4-6-16(2)13-19/h3-11,13-15,24H,1,12H2,2H3. The topological polar surface area (TPSA) is 59.8 Å². The Morgan fingerprint density at radius 2 is 1.91 bits per heavy atom. The monoisotopic (exact) mass is 501 g/mol. The number of carbonyl (C=O) groups is 1. The average Bonchev–Trinajstić information content (AvgIpc) is 3.11. The molecule has 164 valence electrons. The number of nitrogens with zero attached hydrogens (tertiary/aromatic N) is 1. The number of benzene rings is 3. The number of hydrogen-bond donors (Lipinski definition) is 0. The molecule has 0 fully saturated rings. The Hall–Kier alpha value is -3.64. The van der Waals surface area contributed by atoms with Crippen molar-refractivity contribution < 1.29 is 13.9 Å². The maximum atomic E-state index is 13.7. The molecule has 6 heteroatoms. The third kappa shape index (κ3) is 3.66. The van der Waals surface area contributed by atoms with Crippen molar-refractivity contribution in [2.24, 2.45) is 0 Å². The second-order valence-electron chi connectivity index (χ2n) is 7.90. The minimum absolute atomic E-state index is 0.0683. The van der Waals surface area contributed by atoms with Crippen LogP contribution in [0.4, 0.5) is 5.69 Å². The largest absolute Gasteiger partial charge is 0.490 e. The molecule has 0 bridgehead atoms. The summed E-state index contributed by atoms with van der Waals surface area (Å²) in [5.41, 5.74) is 2.94. The van der Waals surface area contributed by atoms with Crippen molar-refractivity contribution in [3.05, 3.63) is 117 Å². The highest BCUT2D eigenvalue weighted by atomic mass is 79.9. The van der Waals surface area contributed by atoms with Crippen LogP contribution in [0.3, 0.4) is 0 Å². The molecule has 3 aromatic carbocycles. The highest BCUT2D eigenvalue weighted by molar-refractivity contribution is 9.10. The summed E-state index contributed by atoms with van der Waals surface area (Å²) < 4.78 is 12.5. The van der Waals surface area contributed by atoms with Crippen molar-refractivity contribution in [3.8, 4) is 5.75 Å². The Bertz CT molecular complexity index is 1470. The molecule has 1 aromatic heterocycles. The molecule has 2 heterocycles. The van der Waals surface area contributed by atoms with Crippen LogP contribution in [0.25, 0.3) is 11.0 Å². The first-order valence-electron chi connectivity index (χ1n) is 10.5. The molecule has 0 radical (unpaired) electrons. The smallest absolute Gasteiger partial charge is 0.295 e. The third-order valence-electron chi connectivity index (χ3n) is 5.65. The van der Waals surface area contributed by atoms with Gasteiger partial charge in [-0.1, -0.05) is 52.9 Å². The minimum atomic E-state index is -0.652. The van der Waals surface area contributed by atoms with Crippen molar-refractivity contribution in [3.63, 3.8) is 0 Å². The number of hydrogen-bond acceptors (Lipinski definition) is 4. The van der Waals surface area contributed by atoms with E-state index >= 15 is 0 Å². The zero-order valence-electron chi connectivity index (χ0n) is 17.9. The van der Waals surface area contributed by atoms with E-state index in [4.69, 9.17) is 9.15 Å². The van der Waals surface area contributed by atoms with Crippen LogP contribution in [0.5, 0.6) is 5.75 Å². The lowest BCUT2D eigenvalue weighted by atomic mass is 9.98. The van der Waals surface area contributed by atoms with E-state index in [0.717, 1.165) is 15.6 Å². The zero-order chi connectivity index (χ0) is 23.1. The van der Waals surface area contributed by atoms with E-state index in [9.17, 15) is 9.59 Å². The molecule has 1 amide bonds. The fraction of sp³-hybridized carbons (Fsp3) is 0.111. The van der Waals surface area contributed by atoms with E-state index in [0.29, 0.717) is 34.6 Å². The third-order valence-corrected chi connectivity index (χ3v) is 6.15. The summed E-state index contributed by atoms with van der Waals surface area (Å²) in [6.45, 7) is 6.00. The van der Waals surface area contributed by atoms with Crippen molar-refractivity contribution in [2.75, 3.05) is 11.5 Å². The molecule has 1 atom stereocenters. The Kier molecular flexibility index (Phi) is 5.38. The molecule has 0 spiro atoms. The van der Waals surface area contributed by atoms with E-state index in [1.54, 1.807) is 29.2 Å². The van der Waals surface area contributed by atoms with E-state index in [2.05, 4.69) is 22.5 Å². The highest BCUT2D eigenvalue weighted by Crippen LogP contribution is 2.42. The second kappa shape index (κ2) is 8.37. The number of amides is 1. The molecule has 4 aromatic rings. The summed E-state index contributed by atoms with van der Waals surface area (Å²) in [6.07, 6.45) is 1.67. The summed E-state index contributed by atoms with van der Waals surface area (Å²) >= 11 is 3.43. The van der Waals surface area contributed by atoms with Crippen molar-refractivity contribution in [2.45, 2.75) is 13.0 Å². The summed E-state index contributed by atoms with van der Waals surface area (Å²) in [5, 5.41) is 0.422. The van der Waals surface area contributed by atoms with Gasteiger partial charge in [-0.05, 0) is 60.5 Å². The molecule has 0 aliphatic carbocycles. The molecule has 5 nitrogen and oxygen atoms in total. The van der Waals surface area contributed by atoms with Gasteiger partial charge in [0.2, 0.25) is 5.76 Å². The van der Waals surface area contributed by atoms with Gasteiger partial charge in [-0.3, -0.25) is 14.5 Å². The number of aryl methyl sites for hydroxylation is 1. The van der Waals surface area contributed by atoms with Gasteiger partial charge in [0.1, 0.15) is 17.9 Å². The van der Waals surface area contributed by atoms with Crippen molar-refractivity contribution in [1.29, 1.82) is 0 Å². The van der Waals surface area contributed by atoms with E-state index in [1.807, 2.05) is 55.5 Å². The number of halogens is 1. The summed E-state index contributed by atoms with van der Waals surface area (Å²) in [5.74, 6) is 0.351. The quantitative estimate of drug-likeness (QED) is 0.306. The Balaban J connectivity index is 1.78. The summed E-state index contributed by atoms with van der Waals surface area (Å²) in [4.78, 5) is 29.0. The van der Waals surface area contributed by atoms with Crippen LogP contribution < -0.4 is 15.1 Å². The predicted molar refractivity (Wildman–Crippen MR) is 132 cm³/mol. The van der Waals surface area contributed by atoms with E-state index < -0.39 is 6.04 Å². The molecule has 0 saturated heterocycles. The van der Waals surface area contributed by atoms with Crippen LogP contribution in [0.1, 0.15) is 33.3 Å². The first-order chi connectivity index (χ1) is 16.0. The van der Waals surface area contributed by atoms with Crippen molar-refractivity contribution in [1.82, 2.24) is 0 Å². The lowest BCUT2D eigenvalue weighted by Crippen LogP contribution is -2.29. The second-order valence-corrected chi connectivity index (χ2v) is 8.82. The van der Waals surface area contributed by atoms with Gasteiger partial charge in [-0.15, -0.1) is 0 Å². The summed E-state index contributed by atoms with van der Waals surface area (Å²) in [6, 6.07) is 19.6. The van der Waals surface area contributed by atoms with Crippen LogP contribution in [0.15, 0.2) is 93.1 Å². The van der Waals surface area contributed by atoms with Crippen LogP contribution in [0, 0.1) is 6.92 Å². The first-order valence-corrected chi connectivity index (χ1v) is 11.3. The fourth-order valence-electron chi connectivity index (χ4n) is 4.23. The highest BCUT2D eigenvalue weighted by Gasteiger charge is 2.43. The van der Waals surface area contributed by atoms with E-state index in [-0.39, 0.29) is 17.1 Å². The maximum absolute atomic E-state index is 13.7. The van der Waals surface area contributed by atoms with Gasteiger partial charge in [0.15, 0.2) is 5.43 Å². The van der Waals surface area contributed by atoms with Gasteiger partial charge in [-0.25, -0.2) is 0 Å². The van der Waals surface area contributed by atoms with Gasteiger partial charge in [-0.2, -0.15) is 0 Å². The van der Waals surface area contributed by atoms with Crippen LogP contribution in [-0.4, -0.2) is 12.5 Å². The average molecular weight is 502 g/mol. The van der Waals surface area contributed by atoms with Gasteiger partial charge in [0.05, 0.1) is 17.0 Å². The summed E-state index contributed by atoms with van der Waals surface area (Å²) in [7, 11) is 0. The Morgan fingerprint density at radius 3 is 2.70 bits per heavy atom. The Labute approximate surface area is 199 Å². The van der Waals surface area contributed by atoms with Gasteiger partial charge in [0, 0.05) is 10.2 Å². The van der Waals surface area contributed by atoms with Gasteiger partial charge < -0.3 is 9.15 Å². The predicted octanol–water partition coefficient (Wildman–Crippen LogP) is 6.18. The van der Waals surface area contributed by atoms with Crippen LogP contribution in [0.2, 0.25) is 0 Å². The SMILES string of the molecule is C=CCOc1cccc(C2c3c(oc4ccc(Br)cc4c3=O)C(=O)N2c2cccc(C)c2)c1. The molecule has 5 rings (SSSR count). The number of carbonyl (C=O) groups excluding carboxylic acids is 1. The molecule has 1 aliphatic heterocycles. The van der Waals surface area contributed by atoms with Crippen LogP contribution in [-0.2, 0) is 0 Å².